The fourth-order valence-electron chi connectivity index (χ4n) is 9.78. The second-order valence-electron chi connectivity index (χ2n) is 18.6. The molecule has 4 heterocycles. The highest BCUT2D eigenvalue weighted by Gasteiger charge is 2.57. The van der Waals surface area contributed by atoms with E-state index in [2.05, 4.69) is 22.3 Å². The largest absolute Gasteiger partial charge is 0.458 e. The van der Waals surface area contributed by atoms with E-state index in [0.29, 0.717) is 24.8 Å². The molecule has 0 bridgehead atoms. The summed E-state index contributed by atoms with van der Waals surface area (Å²) in [7, 11) is 3.75. The van der Waals surface area contributed by atoms with E-state index in [4.69, 9.17) is 33.3 Å². The number of alkyl carbamates (subject to hydrolysis) is 1. The molecule has 352 valence electrons. The van der Waals surface area contributed by atoms with Crippen LogP contribution in [0.25, 0.3) is 0 Å². The second kappa shape index (κ2) is 21.0. The lowest BCUT2D eigenvalue weighted by Crippen LogP contribution is -2.61. The van der Waals surface area contributed by atoms with E-state index < -0.39 is 89.3 Å². The first-order valence-corrected chi connectivity index (χ1v) is 22.7. The molecule has 0 radical (unpaired) electrons. The number of oxime groups is 1. The number of hydrogen-bond donors (Lipinski definition) is 1. The normalized spacial score (nSPS) is 35.6. The van der Waals surface area contributed by atoms with Crippen LogP contribution in [0.3, 0.4) is 0 Å². The van der Waals surface area contributed by atoms with Crippen LogP contribution in [0.2, 0.25) is 0 Å². The van der Waals surface area contributed by atoms with Gasteiger partial charge in [-0.15, -0.1) is 0 Å². The molecule has 3 fully saturated rings. The number of nitrogens with zero attached hydrogens (tertiary/aromatic N) is 2. The molecule has 4 aliphatic rings. The van der Waals surface area contributed by atoms with Gasteiger partial charge < -0.3 is 43.5 Å². The number of cyclic esters (lactones) is 1. The molecule has 65 heavy (non-hydrogen) atoms. The van der Waals surface area contributed by atoms with Crippen LogP contribution in [0.4, 0.5) is 4.79 Å². The lowest BCUT2D eigenvalue weighted by molar-refractivity contribution is -0.295. The number of ketones is 2. The Morgan fingerprint density at radius 2 is 1.60 bits per heavy atom. The Morgan fingerprint density at radius 3 is 2.26 bits per heavy atom. The number of Topliss-reactive ketones (excluding diaryl/α,β-unsaturated/α-hetero) is 2. The van der Waals surface area contributed by atoms with Crippen LogP contribution in [0.15, 0.2) is 65.8 Å². The minimum Gasteiger partial charge on any atom is -0.458 e. The van der Waals surface area contributed by atoms with Gasteiger partial charge in [0.05, 0.1) is 41.2 Å². The third-order valence-corrected chi connectivity index (χ3v) is 13.5. The highest BCUT2D eigenvalue weighted by atomic mass is 16.7. The number of amides is 1. The standard InChI is InChI=1S/C50H65N3O12/c1-11-39-50(8)43(51-48(58)64-50)31(4)40(54)29(2)28-49(7,59-25-19-18-24-36-27-37(52-65-36)34-20-14-12-15-21-34)44(32(5)41(55)33(6)45(56)61-39)63-47-42(38(53(9)10)26-30(3)60-47)62-46(57)35-22-16-13-17-23-35/h12-17,20-23,29-33,36,38-39,42-44,47H,11,24-28H2,1-10H3,(H,51,58)/t29-,30-,31+,32+,33-,36+,38+,39-,42-,43-,44-,47+,49-,50-/m1/s1. The summed E-state index contributed by atoms with van der Waals surface area (Å²) < 4.78 is 38.3. The monoisotopic (exact) mass is 899 g/mol. The average molecular weight is 900 g/mol. The predicted octanol–water partition coefficient (Wildman–Crippen LogP) is 6.30. The van der Waals surface area contributed by atoms with Crippen molar-refractivity contribution < 1.29 is 57.2 Å². The summed E-state index contributed by atoms with van der Waals surface area (Å²) in [6, 6.07) is 17.1. The quantitative estimate of drug-likeness (QED) is 0.122. The van der Waals surface area contributed by atoms with Crippen molar-refractivity contribution in [3.8, 4) is 11.8 Å². The Hall–Kier alpha value is -5.14. The van der Waals surface area contributed by atoms with E-state index in [1.54, 1.807) is 71.9 Å². The number of ether oxygens (including phenoxy) is 6. The number of carbonyl (C=O) groups is 5. The third-order valence-electron chi connectivity index (χ3n) is 13.5. The highest BCUT2D eigenvalue weighted by molar-refractivity contribution is 6.01. The molecule has 0 saturated carbocycles. The Labute approximate surface area is 382 Å². The molecule has 15 heteroatoms. The van der Waals surface area contributed by atoms with Gasteiger partial charge in [-0.1, -0.05) is 93.2 Å². The predicted molar refractivity (Wildman–Crippen MR) is 239 cm³/mol. The maximum absolute atomic E-state index is 14.8. The van der Waals surface area contributed by atoms with Crippen LogP contribution < -0.4 is 5.32 Å². The lowest BCUT2D eigenvalue weighted by Gasteiger charge is -2.48. The molecule has 15 nitrogen and oxygen atoms in total. The summed E-state index contributed by atoms with van der Waals surface area (Å²) >= 11 is 0. The van der Waals surface area contributed by atoms with Gasteiger partial charge in [0.15, 0.2) is 23.8 Å². The number of benzene rings is 2. The van der Waals surface area contributed by atoms with Gasteiger partial charge in [-0.25, -0.2) is 9.59 Å². The van der Waals surface area contributed by atoms with Crippen LogP contribution in [0.5, 0.6) is 0 Å². The first-order valence-electron chi connectivity index (χ1n) is 22.7. The molecular formula is C50H65N3O12. The average Bonchev–Trinajstić information content (AvgIpc) is 3.90. The Kier molecular flexibility index (Phi) is 15.9. The van der Waals surface area contributed by atoms with Gasteiger partial charge in [0, 0.05) is 30.6 Å². The van der Waals surface area contributed by atoms with Crippen molar-refractivity contribution in [1.82, 2.24) is 10.2 Å². The number of esters is 2. The molecule has 0 aromatic heterocycles. The second-order valence-corrected chi connectivity index (χ2v) is 18.6. The Balaban J connectivity index is 1.37. The molecule has 4 aliphatic heterocycles. The number of fused-ring (bicyclic) bond motifs is 1. The number of likely N-dealkylation sites (N-methyl/N-ethyl adjacent to an activating group) is 1. The van der Waals surface area contributed by atoms with Crippen LogP contribution in [-0.2, 0) is 47.6 Å². The molecule has 14 atom stereocenters. The summed E-state index contributed by atoms with van der Waals surface area (Å²) in [5.41, 5.74) is -0.748. The van der Waals surface area contributed by atoms with Crippen molar-refractivity contribution in [2.45, 2.75) is 148 Å². The molecule has 0 unspecified atom stereocenters. The highest BCUT2D eigenvalue weighted by Crippen LogP contribution is 2.41. The maximum Gasteiger partial charge on any atom is 0.408 e. The molecule has 2 aromatic carbocycles. The van der Waals surface area contributed by atoms with E-state index in [1.807, 2.05) is 56.3 Å². The first kappa shape index (κ1) is 49.3. The van der Waals surface area contributed by atoms with E-state index in [1.165, 1.54) is 6.92 Å². The van der Waals surface area contributed by atoms with Crippen molar-refractivity contribution in [2.75, 3.05) is 20.7 Å². The number of rotatable bonds is 10. The van der Waals surface area contributed by atoms with Gasteiger partial charge in [-0.2, -0.15) is 0 Å². The zero-order valence-corrected chi connectivity index (χ0v) is 39.2. The van der Waals surface area contributed by atoms with Crippen molar-refractivity contribution >= 4 is 35.3 Å². The van der Waals surface area contributed by atoms with Crippen LogP contribution >= 0.6 is 0 Å². The summed E-state index contributed by atoms with van der Waals surface area (Å²) in [5.74, 6) is 0.154. The zero-order chi connectivity index (χ0) is 47.2. The smallest absolute Gasteiger partial charge is 0.408 e. The fourth-order valence-corrected chi connectivity index (χ4v) is 9.78. The minimum atomic E-state index is -1.48. The summed E-state index contributed by atoms with van der Waals surface area (Å²) in [4.78, 5) is 77.7. The molecule has 3 saturated heterocycles. The molecule has 1 N–H and O–H groups in total. The van der Waals surface area contributed by atoms with Gasteiger partial charge in [0.25, 0.3) is 0 Å². The number of carbonyl (C=O) groups excluding carboxylic acids is 5. The number of nitrogens with one attached hydrogen (secondary N) is 1. The Bertz CT molecular complexity index is 2120. The van der Waals surface area contributed by atoms with E-state index in [9.17, 15) is 24.0 Å². The molecule has 6 rings (SSSR count). The van der Waals surface area contributed by atoms with Gasteiger partial charge in [-0.05, 0) is 78.7 Å². The van der Waals surface area contributed by atoms with Gasteiger partial charge in [-0.3, -0.25) is 14.4 Å². The van der Waals surface area contributed by atoms with Crippen molar-refractivity contribution in [1.29, 1.82) is 0 Å². The number of hydrogen-bond acceptors (Lipinski definition) is 14. The molecule has 1 amide bonds. The first-order chi connectivity index (χ1) is 30.9. The summed E-state index contributed by atoms with van der Waals surface area (Å²) in [6.07, 6.45) is -4.09. The SMILES string of the molecule is CC[C@H]1OC(=O)[C@H](C)C(=O)[C@H](C)[C@@H](O[C@@H]2O[C@H](C)C[C@H](N(C)C)[C@H]2OC(=O)c2ccccc2)[C@](C)(OCC#CC[C@H]2CC(c3ccccc3)=NO2)C[C@@H](C)C(=O)[C@H](C)[C@H]2NC(=O)O[C@@]21C. The van der Waals surface area contributed by atoms with Crippen LogP contribution in [0.1, 0.15) is 103 Å². The van der Waals surface area contributed by atoms with Gasteiger partial charge >= 0.3 is 18.0 Å². The Morgan fingerprint density at radius 1 is 0.923 bits per heavy atom. The third kappa shape index (κ3) is 11.1. The van der Waals surface area contributed by atoms with E-state index >= 15 is 0 Å². The van der Waals surface area contributed by atoms with Crippen LogP contribution in [0, 0.1) is 35.5 Å². The summed E-state index contributed by atoms with van der Waals surface area (Å²) in [6.45, 7) is 13.5. The molecular weight excluding hydrogens is 835 g/mol. The van der Waals surface area contributed by atoms with E-state index in [0.717, 1.165) is 11.3 Å². The van der Waals surface area contributed by atoms with Gasteiger partial charge in [0.2, 0.25) is 0 Å². The zero-order valence-electron chi connectivity index (χ0n) is 39.2. The molecule has 0 spiro atoms. The fraction of sp³-hybridized carbons (Fsp3) is 0.600. The van der Waals surface area contributed by atoms with E-state index in [-0.39, 0.29) is 43.5 Å². The lowest BCUT2D eigenvalue weighted by atomic mass is 9.73. The van der Waals surface area contributed by atoms with Crippen molar-refractivity contribution in [3.05, 3.63) is 71.8 Å². The van der Waals surface area contributed by atoms with Gasteiger partial charge in [0.1, 0.15) is 30.5 Å². The molecule has 0 aliphatic carbocycles. The summed E-state index contributed by atoms with van der Waals surface area (Å²) in [5, 5.41) is 7.08. The minimum absolute atomic E-state index is 0.0161. The maximum atomic E-state index is 14.8. The van der Waals surface area contributed by atoms with Crippen molar-refractivity contribution in [2.24, 2.45) is 28.8 Å². The van der Waals surface area contributed by atoms with Crippen molar-refractivity contribution in [3.63, 3.8) is 0 Å². The van der Waals surface area contributed by atoms with Crippen LogP contribution in [-0.4, -0.2) is 121 Å². The molecule has 2 aromatic rings. The topological polar surface area (TPSA) is 178 Å².